The van der Waals surface area contributed by atoms with Crippen molar-refractivity contribution in [2.75, 3.05) is 0 Å². The molecule has 3 N–H and O–H groups in total. The summed E-state index contributed by atoms with van der Waals surface area (Å²) in [6.45, 7) is 1.79. The second kappa shape index (κ2) is 2.35. The first-order valence-electron chi connectivity index (χ1n) is 3.25. The van der Waals surface area contributed by atoms with Crippen molar-refractivity contribution in [1.29, 1.82) is 0 Å². The van der Waals surface area contributed by atoms with Crippen LogP contribution < -0.4 is 11.1 Å². The van der Waals surface area contributed by atoms with Crippen molar-refractivity contribution in [3.63, 3.8) is 0 Å². The van der Waals surface area contributed by atoms with Crippen LogP contribution in [0.1, 0.15) is 19.8 Å². The minimum atomic E-state index is -0.262. The highest BCUT2D eigenvalue weighted by atomic mass is 16.1. The van der Waals surface area contributed by atoms with Crippen LogP contribution in [0.15, 0.2) is 0 Å². The molecule has 9 heavy (non-hydrogen) atoms. The summed E-state index contributed by atoms with van der Waals surface area (Å²) in [4.78, 5) is 10.4. The monoisotopic (exact) mass is 128 g/mol. The van der Waals surface area contributed by atoms with Gasteiger partial charge in [0, 0.05) is 6.04 Å². The van der Waals surface area contributed by atoms with Crippen molar-refractivity contribution in [3.05, 3.63) is 0 Å². The Labute approximate surface area is 54.6 Å². The van der Waals surface area contributed by atoms with Gasteiger partial charge in [0.1, 0.15) is 0 Å². The Kier molecular flexibility index (Phi) is 1.71. The van der Waals surface area contributed by atoms with Gasteiger partial charge < -0.3 is 11.1 Å². The van der Waals surface area contributed by atoms with Gasteiger partial charge in [0.05, 0.1) is 6.04 Å². The predicted molar refractivity (Wildman–Crippen MR) is 34.8 cm³/mol. The van der Waals surface area contributed by atoms with Gasteiger partial charge in [0.15, 0.2) is 0 Å². The fourth-order valence-electron chi connectivity index (χ4n) is 0.686. The maximum atomic E-state index is 10.4. The molecule has 1 amide bonds. The summed E-state index contributed by atoms with van der Waals surface area (Å²) in [7, 11) is 0. The van der Waals surface area contributed by atoms with Crippen molar-refractivity contribution in [2.45, 2.75) is 31.8 Å². The fraction of sp³-hybridized carbons (Fsp3) is 0.833. The van der Waals surface area contributed by atoms with Gasteiger partial charge in [-0.2, -0.15) is 0 Å². The fourth-order valence-corrected chi connectivity index (χ4v) is 0.686. The molecule has 3 heteroatoms. The van der Waals surface area contributed by atoms with Crippen LogP contribution >= 0.6 is 0 Å². The minimum absolute atomic E-state index is 0.155. The Morgan fingerprint density at radius 1 is 1.78 bits per heavy atom. The van der Waals surface area contributed by atoms with E-state index < -0.39 is 0 Å². The number of nitrogens with two attached hydrogens (primary N) is 1. The molecule has 0 aromatic heterocycles. The molecule has 0 spiro atoms. The summed E-state index contributed by atoms with van der Waals surface area (Å²) < 4.78 is 0. The van der Waals surface area contributed by atoms with Crippen LogP contribution in [0.5, 0.6) is 0 Å². The van der Waals surface area contributed by atoms with Gasteiger partial charge in [-0.15, -0.1) is 0 Å². The van der Waals surface area contributed by atoms with Gasteiger partial charge in [0.25, 0.3) is 0 Å². The Bertz CT molecular complexity index is 120. The second-order valence-corrected chi connectivity index (χ2v) is 2.56. The molecule has 1 aliphatic rings. The molecule has 1 saturated carbocycles. The van der Waals surface area contributed by atoms with Crippen LogP contribution in [0.25, 0.3) is 0 Å². The highest BCUT2D eigenvalue weighted by Gasteiger charge is 2.24. The number of hydrogen-bond donors (Lipinski definition) is 2. The Hall–Kier alpha value is -0.570. The van der Waals surface area contributed by atoms with E-state index in [2.05, 4.69) is 5.32 Å². The number of primary amides is 1. The first-order valence-corrected chi connectivity index (χ1v) is 3.25. The average Bonchev–Trinajstić information content (AvgIpc) is 2.50. The first kappa shape index (κ1) is 6.55. The third kappa shape index (κ3) is 2.01. The number of rotatable bonds is 3. The van der Waals surface area contributed by atoms with Gasteiger partial charge in [-0.05, 0) is 19.8 Å². The van der Waals surface area contributed by atoms with Crippen molar-refractivity contribution in [3.8, 4) is 0 Å². The molecular formula is C6H12N2O. The van der Waals surface area contributed by atoms with Crippen molar-refractivity contribution in [1.82, 2.24) is 5.32 Å². The van der Waals surface area contributed by atoms with Crippen LogP contribution in [0, 0.1) is 0 Å². The van der Waals surface area contributed by atoms with E-state index >= 15 is 0 Å². The van der Waals surface area contributed by atoms with Crippen molar-refractivity contribution in [2.24, 2.45) is 5.73 Å². The van der Waals surface area contributed by atoms with E-state index in [1.165, 1.54) is 12.8 Å². The van der Waals surface area contributed by atoms with E-state index in [-0.39, 0.29) is 11.9 Å². The summed E-state index contributed by atoms with van der Waals surface area (Å²) in [6.07, 6.45) is 2.38. The summed E-state index contributed by atoms with van der Waals surface area (Å²) in [5, 5.41) is 3.08. The van der Waals surface area contributed by atoms with Crippen molar-refractivity contribution < 1.29 is 4.79 Å². The van der Waals surface area contributed by atoms with E-state index in [9.17, 15) is 4.79 Å². The van der Waals surface area contributed by atoms with Gasteiger partial charge in [0.2, 0.25) is 5.91 Å². The van der Waals surface area contributed by atoms with Crippen LogP contribution in [0.3, 0.4) is 0 Å². The summed E-state index contributed by atoms with van der Waals surface area (Å²) in [6, 6.07) is 0.407. The molecule has 0 bridgehead atoms. The van der Waals surface area contributed by atoms with E-state index in [1.54, 1.807) is 6.92 Å². The normalized spacial score (nSPS) is 21.4. The van der Waals surface area contributed by atoms with Gasteiger partial charge >= 0.3 is 0 Å². The molecule has 1 fully saturated rings. The number of carbonyl (C=O) groups is 1. The molecule has 0 heterocycles. The molecule has 1 rings (SSSR count). The number of nitrogens with one attached hydrogen (secondary N) is 1. The van der Waals surface area contributed by atoms with Crippen LogP contribution in [-0.4, -0.2) is 18.0 Å². The number of amides is 1. The molecule has 52 valence electrons. The van der Waals surface area contributed by atoms with Crippen LogP contribution in [-0.2, 0) is 4.79 Å². The molecule has 0 saturated heterocycles. The van der Waals surface area contributed by atoms with Crippen molar-refractivity contribution >= 4 is 5.91 Å². The van der Waals surface area contributed by atoms with E-state index in [1.807, 2.05) is 0 Å². The molecule has 0 aromatic rings. The lowest BCUT2D eigenvalue weighted by Crippen LogP contribution is -2.39. The molecular weight excluding hydrogens is 116 g/mol. The van der Waals surface area contributed by atoms with E-state index in [0.29, 0.717) is 6.04 Å². The maximum absolute atomic E-state index is 10.4. The van der Waals surface area contributed by atoms with Gasteiger partial charge in [-0.3, -0.25) is 4.79 Å². The zero-order valence-electron chi connectivity index (χ0n) is 5.55. The standard InChI is InChI=1S/C6H12N2O/c1-4(6(7)9)8-5-2-3-5/h4-5,8H,2-3H2,1H3,(H2,7,9)/t4-/m0/s1. The molecule has 0 aromatic carbocycles. The first-order chi connectivity index (χ1) is 4.20. The lowest BCUT2D eigenvalue weighted by Gasteiger charge is -2.06. The minimum Gasteiger partial charge on any atom is -0.368 e. The van der Waals surface area contributed by atoms with Crippen LogP contribution in [0.4, 0.5) is 0 Å². The van der Waals surface area contributed by atoms with E-state index in [4.69, 9.17) is 5.73 Å². The predicted octanol–water partition coefficient (Wildman–Crippen LogP) is -0.388. The third-order valence-corrected chi connectivity index (χ3v) is 1.49. The lowest BCUT2D eigenvalue weighted by atomic mass is 10.3. The summed E-state index contributed by atoms with van der Waals surface area (Å²) >= 11 is 0. The largest absolute Gasteiger partial charge is 0.368 e. The lowest BCUT2D eigenvalue weighted by molar-refractivity contribution is -0.119. The number of hydrogen-bond acceptors (Lipinski definition) is 2. The highest BCUT2D eigenvalue weighted by Crippen LogP contribution is 2.18. The second-order valence-electron chi connectivity index (χ2n) is 2.56. The van der Waals surface area contributed by atoms with E-state index in [0.717, 1.165) is 0 Å². The van der Waals surface area contributed by atoms with Gasteiger partial charge in [-0.25, -0.2) is 0 Å². The van der Waals surface area contributed by atoms with Gasteiger partial charge in [-0.1, -0.05) is 0 Å². The summed E-state index contributed by atoms with van der Waals surface area (Å²) in [5.41, 5.74) is 5.01. The zero-order chi connectivity index (χ0) is 6.85. The Morgan fingerprint density at radius 3 is 2.67 bits per heavy atom. The number of carbonyl (C=O) groups excluding carboxylic acids is 1. The molecule has 0 aliphatic heterocycles. The Balaban J connectivity index is 2.16. The SMILES string of the molecule is C[C@H](NC1CC1)C(N)=O. The molecule has 0 radical (unpaired) electrons. The summed E-state index contributed by atoms with van der Waals surface area (Å²) in [5.74, 6) is -0.262. The topological polar surface area (TPSA) is 55.1 Å². The Morgan fingerprint density at radius 2 is 2.33 bits per heavy atom. The molecule has 1 aliphatic carbocycles. The smallest absolute Gasteiger partial charge is 0.234 e. The van der Waals surface area contributed by atoms with Crippen LogP contribution in [0.2, 0.25) is 0 Å². The molecule has 0 unspecified atom stereocenters. The maximum Gasteiger partial charge on any atom is 0.234 e. The third-order valence-electron chi connectivity index (χ3n) is 1.49. The quantitative estimate of drug-likeness (QED) is 0.544. The zero-order valence-corrected chi connectivity index (χ0v) is 5.55. The molecule has 1 atom stereocenters. The highest BCUT2D eigenvalue weighted by molar-refractivity contribution is 5.79. The average molecular weight is 128 g/mol. The molecule has 3 nitrogen and oxygen atoms in total.